The van der Waals surface area contributed by atoms with Crippen molar-refractivity contribution in [2.24, 2.45) is 5.84 Å². The van der Waals surface area contributed by atoms with Crippen LogP contribution in [0.2, 0.25) is 5.02 Å². The lowest BCUT2D eigenvalue weighted by molar-refractivity contribution is 0.601. The maximum atomic E-state index is 12.2. The van der Waals surface area contributed by atoms with Crippen molar-refractivity contribution in [3.8, 4) is 0 Å². The van der Waals surface area contributed by atoms with Crippen LogP contribution in [-0.2, 0) is 10.0 Å². The molecule has 0 saturated carbocycles. The van der Waals surface area contributed by atoms with Gasteiger partial charge in [-0.2, -0.15) is 0 Å². The highest BCUT2D eigenvalue weighted by molar-refractivity contribution is 14.1. The first-order valence-electron chi connectivity index (χ1n) is 5.33. The Morgan fingerprint density at radius 3 is 2.45 bits per heavy atom. The number of halogens is 2. The molecule has 2 rings (SSSR count). The molecular formula is C11H10ClIN4O2S. The maximum Gasteiger partial charge on any atom is 0.263 e. The molecule has 0 fully saturated rings. The van der Waals surface area contributed by atoms with Crippen molar-refractivity contribution in [3.63, 3.8) is 0 Å². The van der Waals surface area contributed by atoms with E-state index in [-0.39, 0.29) is 15.7 Å². The first kappa shape index (κ1) is 15.3. The van der Waals surface area contributed by atoms with Gasteiger partial charge in [-0.15, -0.1) is 0 Å². The summed E-state index contributed by atoms with van der Waals surface area (Å²) in [6, 6.07) is 8.21. The number of anilines is 2. The molecule has 1 aromatic carbocycles. The first-order valence-corrected chi connectivity index (χ1v) is 8.27. The second-order valence-corrected chi connectivity index (χ2v) is 7.09. The van der Waals surface area contributed by atoms with E-state index in [2.05, 4.69) is 37.7 Å². The van der Waals surface area contributed by atoms with E-state index in [0.29, 0.717) is 5.69 Å². The molecule has 9 heteroatoms. The Hall–Kier alpha value is -1.10. The number of nitrogens with two attached hydrogens (primary N) is 1. The van der Waals surface area contributed by atoms with E-state index in [1.54, 1.807) is 24.3 Å². The number of hydrogen-bond acceptors (Lipinski definition) is 5. The Labute approximate surface area is 134 Å². The molecule has 0 aliphatic carbocycles. The van der Waals surface area contributed by atoms with Gasteiger partial charge in [0.15, 0.2) is 5.82 Å². The SMILES string of the molecule is NNc1ncc(S(=O)(=O)Nc2ccc(I)cc2)cc1Cl. The summed E-state index contributed by atoms with van der Waals surface area (Å²) in [5.41, 5.74) is 2.73. The lowest BCUT2D eigenvalue weighted by Crippen LogP contribution is -2.14. The quantitative estimate of drug-likeness (QED) is 0.398. The fourth-order valence-electron chi connectivity index (χ4n) is 1.41. The molecule has 0 unspecified atom stereocenters. The second kappa shape index (κ2) is 6.12. The smallest absolute Gasteiger partial charge is 0.263 e. The topological polar surface area (TPSA) is 97.1 Å². The van der Waals surface area contributed by atoms with Gasteiger partial charge in [0.25, 0.3) is 10.0 Å². The monoisotopic (exact) mass is 424 g/mol. The van der Waals surface area contributed by atoms with Gasteiger partial charge in [0.1, 0.15) is 4.90 Å². The van der Waals surface area contributed by atoms with Crippen molar-refractivity contribution in [3.05, 3.63) is 45.1 Å². The number of hydrazine groups is 1. The molecule has 0 radical (unpaired) electrons. The van der Waals surface area contributed by atoms with Gasteiger partial charge in [-0.1, -0.05) is 11.6 Å². The third-order valence-electron chi connectivity index (χ3n) is 2.36. The minimum Gasteiger partial charge on any atom is -0.307 e. The summed E-state index contributed by atoms with van der Waals surface area (Å²) in [6.07, 6.45) is 1.18. The van der Waals surface area contributed by atoms with Crippen LogP contribution in [0.25, 0.3) is 0 Å². The summed E-state index contributed by atoms with van der Waals surface area (Å²) in [7, 11) is -3.74. The predicted octanol–water partition coefficient (Wildman–Crippen LogP) is 2.43. The van der Waals surface area contributed by atoms with Crippen LogP contribution in [0.1, 0.15) is 0 Å². The Kier molecular flexibility index (Phi) is 4.68. The van der Waals surface area contributed by atoms with Crippen LogP contribution >= 0.6 is 34.2 Å². The van der Waals surface area contributed by atoms with Crippen molar-refractivity contribution in [2.45, 2.75) is 4.90 Å². The molecule has 0 aliphatic rings. The highest BCUT2D eigenvalue weighted by Gasteiger charge is 2.16. The number of nitrogen functional groups attached to an aromatic ring is 1. The summed E-state index contributed by atoms with van der Waals surface area (Å²) in [5.74, 6) is 5.39. The zero-order chi connectivity index (χ0) is 14.8. The van der Waals surface area contributed by atoms with Gasteiger partial charge >= 0.3 is 0 Å². The van der Waals surface area contributed by atoms with Crippen molar-refractivity contribution < 1.29 is 8.42 Å². The van der Waals surface area contributed by atoms with Crippen LogP contribution in [0.15, 0.2) is 41.4 Å². The minimum atomic E-state index is -3.74. The van der Waals surface area contributed by atoms with Gasteiger partial charge in [0, 0.05) is 15.5 Å². The van der Waals surface area contributed by atoms with Crippen LogP contribution in [0, 0.1) is 3.57 Å². The number of hydrogen-bond donors (Lipinski definition) is 3. The lowest BCUT2D eigenvalue weighted by Gasteiger charge is -2.09. The molecule has 0 amide bonds. The van der Waals surface area contributed by atoms with E-state index in [1.165, 1.54) is 12.3 Å². The number of benzene rings is 1. The van der Waals surface area contributed by atoms with Gasteiger partial charge in [-0.3, -0.25) is 4.72 Å². The van der Waals surface area contributed by atoms with E-state index >= 15 is 0 Å². The van der Waals surface area contributed by atoms with Gasteiger partial charge in [-0.05, 0) is 52.9 Å². The molecule has 0 spiro atoms. The van der Waals surface area contributed by atoms with Crippen LogP contribution in [0.4, 0.5) is 11.5 Å². The molecule has 6 nitrogen and oxygen atoms in total. The zero-order valence-corrected chi connectivity index (χ0v) is 13.7. The van der Waals surface area contributed by atoms with E-state index < -0.39 is 10.0 Å². The fourth-order valence-corrected chi connectivity index (χ4v) is 3.08. The summed E-state index contributed by atoms with van der Waals surface area (Å²) >= 11 is 8.00. The van der Waals surface area contributed by atoms with Crippen LogP contribution in [0.3, 0.4) is 0 Å². The van der Waals surface area contributed by atoms with E-state index in [9.17, 15) is 8.42 Å². The second-order valence-electron chi connectivity index (χ2n) is 3.76. The Morgan fingerprint density at radius 1 is 1.25 bits per heavy atom. The highest BCUT2D eigenvalue weighted by Crippen LogP contribution is 2.23. The van der Waals surface area contributed by atoms with Crippen molar-refractivity contribution in [1.82, 2.24) is 4.98 Å². The van der Waals surface area contributed by atoms with Gasteiger partial charge in [0.05, 0.1) is 5.02 Å². The average Bonchev–Trinajstić information content (AvgIpc) is 2.41. The largest absolute Gasteiger partial charge is 0.307 e. The summed E-state index contributed by atoms with van der Waals surface area (Å²) in [5, 5.41) is 0.123. The predicted molar refractivity (Wildman–Crippen MR) is 87.0 cm³/mol. The molecule has 0 aliphatic heterocycles. The molecule has 0 atom stereocenters. The van der Waals surface area contributed by atoms with E-state index in [0.717, 1.165) is 3.57 Å². The normalized spacial score (nSPS) is 11.2. The molecule has 2 aromatic rings. The van der Waals surface area contributed by atoms with Gasteiger partial charge in [0.2, 0.25) is 0 Å². The molecule has 1 aromatic heterocycles. The molecule has 0 bridgehead atoms. The van der Waals surface area contributed by atoms with Crippen molar-refractivity contribution >= 4 is 55.7 Å². The van der Waals surface area contributed by atoms with Crippen LogP contribution in [-0.4, -0.2) is 13.4 Å². The Bertz CT molecular complexity index is 722. The molecular weight excluding hydrogens is 415 g/mol. The standard InChI is InChI=1S/C11H10ClIN4O2S/c12-10-5-9(6-15-11(10)16-14)20(18,19)17-8-3-1-7(13)2-4-8/h1-6,17H,14H2,(H,15,16). The number of pyridine rings is 1. The maximum absolute atomic E-state index is 12.2. The Morgan fingerprint density at radius 2 is 1.90 bits per heavy atom. The van der Waals surface area contributed by atoms with Crippen LogP contribution < -0.4 is 16.0 Å². The molecule has 4 N–H and O–H groups in total. The molecule has 0 saturated heterocycles. The summed E-state index contributed by atoms with van der Waals surface area (Å²) in [6.45, 7) is 0. The number of aromatic nitrogens is 1. The van der Waals surface area contributed by atoms with Crippen molar-refractivity contribution in [2.75, 3.05) is 10.1 Å². The number of nitrogens with zero attached hydrogens (tertiary/aromatic N) is 1. The lowest BCUT2D eigenvalue weighted by atomic mass is 10.3. The molecule has 106 valence electrons. The van der Waals surface area contributed by atoms with Crippen molar-refractivity contribution in [1.29, 1.82) is 0 Å². The first-order chi connectivity index (χ1) is 9.42. The summed E-state index contributed by atoms with van der Waals surface area (Å²) in [4.78, 5) is 3.79. The third kappa shape index (κ3) is 3.51. The Balaban J connectivity index is 2.30. The number of rotatable bonds is 4. The van der Waals surface area contributed by atoms with Gasteiger partial charge in [-0.25, -0.2) is 19.2 Å². The average molecular weight is 425 g/mol. The third-order valence-corrected chi connectivity index (χ3v) is 4.72. The number of sulfonamides is 1. The fraction of sp³-hybridized carbons (Fsp3) is 0. The zero-order valence-electron chi connectivity index (χ0n) is 9.97. The minimum absolute atomic E-state index is 0.0416. The van der Waals surface area contributed by atoms with Crippen LogP contribution in [0.5, 0.6) is 0 Å². The van der Waals surface area contributed by atoms with E-state index in [4.69, 9.17) is 17.4 Å². The van der Waals surface area contributed by atoms with E-state index in [1.807, 2.05) is 0 Å². The molecule has 20 heavy (non-hydrogen) atoms. The molecule has 1 heterocycles. The van der Waals surface area contributed by atoms with Gasteiger partial charge < -0.3 is 5.43 Å². The summed E-state index contributed by atoms with van der Waals surface area (Å²) < 4.78 is 27.8. The number of nitrogens with one attached hydrogen (secondary N) is 2. The highest BCUT2D eigenvalue weighted by atomic mass is 127.